The molecule has 7 nitrogen and oxygen atoms in total. The highest BCUT2D eigenvalue weighted by molar-refractivity contribution is 5.71. The zero-order valence-electron chi connectivity index (χ0n) is 10.6. The van der Waals surface area contributed by atoms with E-state index in [1.54, 1.807) is 18.7 Å². The Labute approximate surface area is 109 Å². The van der Waals surface area contributed by atoms with E-state index in [0.29, 0.717) is 18.1 Å². The van der Waals surface area contributed by atoms with Gasteiger partial charge in [-0.1, -0.05) is 6.92 Å². The minimum Gasteiger partial charge on any atom is -0.481 e. The van der Waals surface area contributed by atoms with Gasteiger partial charge in [-0.3, -0.25) is 14.2 Å². The van der Waals surface area contributed by atoms with E-state index in [-0.39, 0.29) is 5.92 Å². The van der Waals surface area contributed by atoms with E-state index in [1.807, 2.05) is 4.40 Å². The number of nitrogens with zero attached hydrogens (tertiary/aromatic N) is 5. The molecule has 100 valence electrons. The van der Waals surface area contributed by atoms with Crippen LogP contribution in [0.5, 0.6) is 0 Å². The van der Waals surface area contributed by atoms with E-state index in [9.17, 15) is 9.90 Å². The second-order valence-corrected chi connectivity index (χ2v) is 5.11. The number of hydrogen-bond acceptors (Lipinski definition) is 5. The van der Waals surface area contributed by atoms with Crippen LogP contribution in [0.2, 0.25) is 0 Å². The Hall–Kier alpha value is -2.18. The summed E-state index contributed by atoms with van der Waals surface area (Å²) in [5.74, 6) is 0.109. The molecule has 0 saturated carbocycles. The second-order valence-electron chi connectivity index (χ2n) is 5.11. The maximum absolute atomic E-state index is 11.2. The Kier molecular flexibility index (Phi) is 2.81. The van der Waals surface area contributed by atoms with Crippen LogP contribution in [-0.4, -0.2) is 43.7 Å². The topological polar surface area (TPSA) is 83.6 Å². The number of carbonyl (C=O) groups is 1. The quantitative estimate of drug-likeness (QED) is 0.855. The van der Waals surface area contributed by atoms with Gasteiger partial charge in [0.05, 0.1) is 18.3 Å². The summed E-state index contributed by atoms with van der Waals surface area (Å²) in [4.78, 5) is 17.4. The van der Waals surface area contributed by atoms with Crippen molar-refractivity contribution in [2.75, 3.05) is 18.0 Å². The number of carboxylic acids is 1. The minimum atomic E-state index is -0.736. The lowest BCUT2D eigenvalue weighted by atomic mass is 9.90. The highest BCUT2D eigenvalue weighted by Gasteiger charge is 2.30. The molecule has 1 N–H and O–H groups in total. The number of piperidine rings is 1. The van der Waals surface area contributed by atoms with Gasteiger partial charge in [-0.05, 0) is 12.3 Å². The Bertz CT molecular complexity index is 611. The van der Waals surface area contributed by atoms with Crippen molar-refractivity contribution in [3.8, 4) is 0 Å². The Balaban J connectivity index is 1.96. The summed E-state index contributed by atoms with van der Waals surface area (Å²) in [5.41, 5.74) is 0.669. The van der Waals surface area contributed by atoms with E-state index in [0.717, 1.165) is 18.8 Å². The van der Waals surface area contributed by atoms with Crippen molar-refractivity contribution < 1.29 is 9.90 Å². The van der Waals surface area contributed by atoms with Gasteiger partial charge < -0.3 is 10.0 Å². The molecule has 19 heavy (non-hydrogen) atoms. The van der Waals surface area contributed by atoms with Gasteiger partial charge in [-0.15, -0.1) is 10.2 Å². The van der Waals surface area contributed by atoms with Crippen LogP contribution in [0.1, 0.15) is 13.3 Å². The molecule has 2 aromatic heterocycles. The molecule has 0 spiro atoms. The molecule has 3 rings (SSSR count). The van der Waals surface area contributed by atoms with Crippen molar-refractivity contribution in [2.24, 2.45) is 11.8 Å². The second kappa shape index (κ2) is 4.49. The zero-order chi connectivity index (χ0) is 13.4. The Morgan fingerprint density at radius 1 is 1.42 bits per heavy atom. The van der Waals surface area contributed by atoms with E-state index in [2.05, 4.69) is 27.0 Å². The van der Waals surface area contributed by atoms with Crippen LogP contribution in [-0.2, 0) is 4.79 Å². The largest absolute Gasteiger partial charge is 0.481 e. The molecule has 2 aromatic rings. The Morgan fingerprint density at radius 3 is 3.05 bits per heavy atom. The molecule has 1 saturated heterocycles. The average Bonchev–Trinajstić information content (AvgIpc) is 2.85. The third-order valence-corrected chi connectivity index (χ3v) is 3.53. The molecule has 0 radical (unpaired) electrons. The summed E-state index contributed by atoms with van der Waals surface area (Å²) in [7, 11) is 0. The van der Waals surface area contributed by atoms with Crippen LogP contribution in [0.25, 0.3) is 5.65 Å². The minimum absolute atomic E-state index is 0.335. The molecule has 0 bridgehead atoms. The molecule has 3 heterocycles. The van der Waals surface area contributed by atoms with Gasteiger partial charge in [0.25, 0.3) is 0 Å². The summed E-state index contributed by atoms with van der Waals surface area (Å²) in [6.07, 6.45) is 5.71. The maximum Gasteiger partial charge on any atom is 0.308 e. The molecular formula is C12H15N5O2. The van der Waals surface area contributed by atoms with Gasteiger partial charge >= 0.3 is 5.97 Å². The van der Waals surface area contributed by atoms with Crippen molar-refractivity contribution in [3.63, 3.8) is 0 Å². The molecular weight excluding hydrogens is 246 g/mol. The summed E-state index contributed by atoms with van der Waals surface area (Å²) in [6.45, 7) is 3.39. The van der Waals surface area contributed by atoms with Crippen LogP contribution >= 0.6 is 0 Å². The van der Waals surface area contributed by atoms with Crippen LogP contribution in [0.15, 0.2) is 18.7 Å². The van der Waals surface area contributed by atoms with Gasteiger partial charge in [-0.25, -0.2) is 0 Å². The summed E-state index contributed by atoms with van der Waals surface area (Å²) in [5, 5.41) is 17.0. The fourth-order valence-corrected chi connectivity index (χ4v) is 2.69. The number of aromatic nitrogens is 4. The van der Waals surface area contributed by atoms with Crippen molar-refractivity contribution in [2.45, 2.75) is 13.3 Å². The van der Waals surface area contributed by atoms with Gasteiger partial charge in [0, 0.05) is 13.1 Å². The lowest BCUT2D eigenvalue weighted by Gasteiger charge is -2.36. The van der Waals surface area contributed by atoms with E-state index in [1.165, 1.54) is 0 Å². The maximum atomic E-state index is 11.2. The third kappa shape index (κ3) is 2.11. The molecule has 2 unspecified atom stereocenters. The zero-order valence-corrected chi connectivity index (χ0v) is 10.6. The number of anilines is 1. The van der Waals surface area contributed by atoms with Gasteiger partial charge in [0.15, 0.2) is 5.65 Å². The molecule has 1 fully saturated rings. The molecule has 2 atom stereocenters. The highest BCUT2D eigenvalue weighted by atomic mass is 16.4. The van der Waals surface area contributed by atoms with E-state index >= 15 is 0 Å². The fourth-order valence-electron chi connectivity index (χ4n) is 2.69. The SMILES string of the molecule is CC1CC(C(=O)O)CN(c2cncc3nncn23)C1. The summed E-state index contributed by atoms with van der Waals surface area (Å²) < 4.78 is 1.84. The monoisotopic (exact) mass is 261 g/mol. The van der Waals surface area contributed by atoms with Crippen molar-refractivity contribution in [1.82, 2.24) is 19.6 Å². The number of hydrogen-bond donors (Lipinski definition) is 1. The first-order valence-corrected chi connectivity index (χ1v) is 6.26. The third-order valence-electron chi connectivity index (χ3n) is 3.53. The molecule has 1 aliphatic heterocycles. The smallest absolute Gasteiger partial charge is 0.308 e. The number of carboxylic acid groups (broad SMARTS) is 1. The van der Waals surface area contributed by atoms with E-state index < -0.39 is 5.97 Å². The van der Waals surface area contributed by atoms with Crippen LogP contribution < -0.4 is 4.90 Å². The number of fused-ring (bicyclic) bond motifs is 1. The predicted octanol–water partition coefficient (Wildman–Crippen LogP) is 0.671. The number of aliphatic carboxylic acids is 1. The first-order valence-electron chi connectivity index (χ1n) is 6.26. The normalized spacial score (nSPS) is 23.7. The lowest BCUT2D eigenvalue weighted by molar-refractivity contribution is -0.142. The van der Waals surface area contributed by atoms with Crippen LogP contribution in [0, 0.1) is 11.8 Å². The molecule has 0 aliphatic carbocycles. The predicted molar refractivity (Wildman–Crippen MR) is 67.9 cm³/mol. The summed E-state index contributed by atoms with van der Waals surface area (Å²) >= 11 is 0. The molecule has 1 aliphatic rings. The molecule has 0 amide bonds. The van der Waals surface area contributed by atoms with Gasteiger partial charge in [-0.2, -0.15) is 0 Å². The lowest BCUT2D eigenvalue weighted by Crippen LogP contribution is -2.43. The fraction of sp³-hybridized carbons (Fsp3) is 0.500. The van der Waals surface area contributed by atoms with Crippen molar-refractivity contribution in [3.05, 3.63) is 18.7 Å². The average molecular weight is 261 g/mol. The highest BCUT2D eigenvalue weighted by Crippen LogP contribution is 2.26. The van der Waals surface area contributed by atoms with Gasteiger partial charge in [0.1, 0.15) is 12.1 Å². The number of rotatable bonds is 2. The van der Waals surface area contributed by atoms with Gasteiger partial charge in [0.2, 0.25) is 0 Å². The van der Waals surface area contributed by atoms with Crippen LogP contribution in [0.4, 0.5) is 5.82 Å². The Morgan fingerprint density at radius 2 is 2.26 bits per heavy atom. The standard InChI is InChI=1S/C12H15N5O2/c1-8-2-9(12(18)19)6-16(5-8)11-4-13-3-10-15-14-7-17(10)11/h3-4,7-9H,2,5-6H2,1H3,(H,18,19). The van der Waals surface area contributed by atoms with Crippen molar-refractivity contribution >= 4 is 17.4 Å². The summed E-state index contributed by atoms with van der Waals surface area (Å²) in [6, 6.07) is 0. The first-order chi connectivity index (χ1) is 9.15. The van der Waals surface area contributed by atoms with E-state index in [4.69, 9.17) is 0 Å². The molecule has 7 heteroatoms. The van der Waals surface area contributed by atoms with Crippen molar-refractivity contribution in [1.29, 1.82) is 0 Å². The molecule has 0 aromatic carbocycles. The first kappa shape index (κ1) is 11.9. The van der Waals surface area contributed by atoms with Crippen LogP contribution in [0.3, 0.4) is 0 Å².